The predicted molar refractivity (Wildman–Crippen MR) is 131 cm³/mol. The Labute approximate surface area is 197 Å². The molecule has 30 heavy (non-hydrogen) atoms. The van der Waals surface area contributed by atoms with Crippen molar-refractivity contribution in [3.63, 3.8) is 0 Å². The van der Waals surface area contributed by atoms with Gasteiger partial charge in [0.05, 0.1) is 5.69 Å². The van der Waals surface area contributed by atoms with Gasteiger partial charge in [0, 0.05) is 19.2 Å². The minimum absolute atomic E-state index is 0.256. The molecule has 0 saturated carbocycles. The highest BCUT2D eigenvalue weighted by Crippen LogP contribution is 2.38. The molecular formula is C23H16ClIN2O2S. The van der Waals surface area contributed by atoms with Gasteiger partial charge in [-0.15, -0.1) is 0 Å². The van der Waals surface area contributed by atoms with Gasteiger partial charge in [-0.3, -0.25) is 9.59 Å². The molecular weight excluding hydrogens is 531 g/mol. The van der Waals surface area contributed by atoms with E-state index in [-0.39, 0.29) is 11.6 Å². The summed E-state index contributed by atoms with van der Waals surface area (Å²) in [5, 5.41) is 3.61. The van der Waals surface area contributed by atoms with E-state index in [1.807, 2.05) is 55.5 Å². The van der Waals surface area contributed by atoms with Crippen LogP contribution in [0.25, 0.3) is 0 Å². The van der Waals surface area contributed by atoms with Gasteiger partial charge in [-0.25, -0.2) is 4.90 Å². The SMILES string of the molecule is Cc1ccc(SC2=C(Nc3ccc(I)cc3)C(=O)N(c3cccc(Cl)c3)C2=O)cc1. The molecule has 0 spiro atoms. The Morgan fingerprint density at radius 1 is 0.933 bits per heavy atom. The number of benzene rings is 3. The third kappa shape index (κ3) is 4.40. The van der Waals surface area contributed by atoms with Crippen LogP contribution >= 0.6 is 46.0 Å². The number of anilines is 2. The van der Waals surface area contributed by atoms with Gasteiger partial charge in [-0.05, 0) is 84.1 Å². The molecule has 0 aromatic heterocycles. The van der Waals surface area contributed by atoms with Gasteiger partial charge in [0.15, 0.2) is 0 Å². The lowest BCUT2D eigenvalue weighted by molar-refractivity contribution is -0.120. The van der Waals surface area contributed by atoms with Crippen LogP contribution in [0, 0.1) is 10.5 Å². The van der Waals surface area contributed by atoms with E-state index in [4.69, 9.17) is 11.6 Å². The zero-order chi connectivity index (χ0) is 21.3. The number of carbonyl (C=O) groups is 2. The lowest BCUT2D eigenvalue weighted by Gasteiger charge is -2.15. The molecule has 150 valence electrons. The second-order valence-electron chi connectivity index (χ2n) is 6.68. The van der Waals surface area contributed by atoms with Crippen LogP contribution in [0.4, 0.5) is 11.4 Å². The Hall–Kier alpha value is -2.29. The van der Waals surface area contributed by atoms with Gasteiger partial charge >= 0.3 is 0 Å². The molecule has 3 aromatic rings. The van der Waals surface area contributed by atoms with Crippen molar-refractivity contribution in [1.29, 1.82) is 0 Å². The number of aryl methyl sites for hydroxylation is 1. The van der Waals surface area contributed by atoms with E-state index >= 15 is 0 Å². The van der Waals surface area contributed by atoms with Crippen molar-refractivity contribution in [3.8, 4) is 0 Å². The lowest BCUT2D eigenvalue weighted by atomic mass is 10.2. The van der Waals surface area contributed by atoms with Crippen molar-refractivity contribution in [3.05, 3.63) is 97.6 Å². The molecule has 2 amide bonds. The summed E-state index contributed by atoms with van der Waals surface area (Å²) in [5.41, 5.74) is 2.56. The number of hydrogen-bond acceptors (Lipinski definition) is 4. The van der Waals surface area contributed by atoms with Crippen LogP contribution in [-0.4, -0.2) is 11.8 Å². The molecule has 1 N–H and O–H groups in total. The summed E-state index contributed by atoms with van der Waals surface area (Å²) in [6, 6.07) is 22.2. The Morgan fingerprint density at radius 3 is 2.30 bits per heavy atom. The fourth-order valence-corrected chi connectivity index (χ4v) is 4.44. The zero-order valence-electron chi connectivity index (χ0n) is 15.9. The fourth-order valence-electron chi connectivity index (χ4n) is 2.97. The Balaban J connectivity index is 1.74. The number of rotatable bonds is 5. The number of imide groups is 1. The van der Waals surface area contributed by atoms with Crippen LogP contribution < -0.4 is 10.2 Å². The third-order valence-electron chi connectivity index (χ3n) is 4.46. The highest BCUT2D eigenvalue weighted by Gasteiger charge is 2.40. The van der Waals surface area contributed by atoms with E-state index in [2.05, 4.69) is 27.9 Å². The van der Waals surface area contributed by atoms with Gasteiger partial charge in [0.2, 0.25) is 0 Å². The molecule has 1 aliphatic rings. The molecule has 0 atom stereocenters. The minimum Gasteiger partial charge on any atom is -0.350 e. The number of thioether (sulfide) groups is 1. The molecule has 1 heterocycles. The Morgan fingerprint density at radius 2 is 1.63 bits per heavy atom. The Bertz CT molecular complexity index is 1090. The number of nitrogens with zero attached hydrogens (tertiary/aromatic N) is 1. The van der Waals surface area contributed by atoms with Gasteiger partial charge in [-0.2, -0.15) is 0 Å². The zero-order valence-corrected chi connectivity index (χ0v) is 19.6. The first-order valence-corrected chi connectivity index (χ1v) is 11.4. The lowest BCUT2D eigenvalue weighted by Crippen LogP contribution is -2.32. The van der Waals surface area contributed by atoms with E-state index in [0.29, 0.717) is 15.6 Å². The third-order valence-corrected chi connectivity index (χ3v) is 6.51. The highest BCUT2D eigenvalue weighted by atomic mass is 127. The van der Waals surface area contributed by atoms with Crippen LogP contribution in [0.5, 0.6) is 0 Å². The summed E-state index contributed by atoms with van der Waals surface area (Å²) in [6.45, 7) is 2.00. The predicted octanol–water partition coefficient (Wildman–Crippen LogP) is 6.24. The number of nitrogens with one attached hydrogen (secondary N) is 1. The average molecular weight is 547 g/mol. The van der Waals surface area contributed by atoms with Gasteiger partial charge in [-0.1, -0.05) is 47.1 Å². The van der Waals surface area contributed by atoms with Crippen molar-refractivity contribution < 1.29 is 9.59 Å². The molecule has 4 rings (SSSR count). The number of halogens is 2. The summed E-state index contributed by atoms with van der Waals surface area (Å²) in [6.07, 6.45) is 0. The fraction of sp³-hybridized carbons (Fsp3) is 0.0435. The van der Waals surface area contributed by atoms with Crippen molar-refractivity contribution in [1.82, 2.24) is 0 Å². The van der Waals surface area contributed by atoms with Crippen molar-refractivity contribution in [2.75, 3.05) is 10.2 Å². The molecule has 3 aromatic carbocycles. The maximum atomic E-state index is 13.3. The van der Waals surface area contributed by atoms with E-state index in [9.17, 15) is 9.59 Å². The first-order chi connectivity index (χ1) is 14.4. The monoisotopic (exact) mass is 546 g/mol. The van der Waals surface area contributed by atoms with Crippen LogP contribution in [0.1, 0.15) is 5.56 Å². The van der Waals surface area contributed by atoms with Crippen molar-refractivity contribution in [2.45, 2.75) is 11.8 Å². The summed E-state index contributed by atoms with van der Waals surface area (Å²) < 4.78 is 1.08. The highest BCUT2D eigenvalue weighted by molar-refractivity contribution is 14.1. The second kappa shape index (κ2) is 8.83. The molecule has 0 bridgehead atoms. The van der Waals surface area contributed by atoms with Crippen LogP contribution in [-0.2, 0) is 9.59 Å². The summed E-state index contributed by atoms with van der Waals surface area (Å²) in [4.78, 5) is 29.0. The maximum absolute atomic E-state index is 13.3. The number of carbonyl (C=O) groups excluding carboxylic acids is 2. The molecule has 0 radical (unpaired) electrons. The Kier molecular flexibility index (Phi) is 6.17. The second-order valence-corrected chi connectivity index (χ2v) is 9.44. The van der Waals surface area contributed by atoms with E-state index in [1.54, 1.807) is 24.3 Å². The smallest absolute Gasteiger partial charge is 0.283 e. The van der Waals surface area contributed by atoms with Gasteiger partial charge in [0.1, 0.15) is 10.6 Å². The van der Waals surface area contributed by atoms with Crippen molar-refractivity contribution >= 4 is 69.1 Å². The van der Waals surface area contributed by atoms with Gasteiger partial charge in [0.25, 0.3) is 11.8 Å². The molecule has 0 aliphatic carbocycles. The maximum Gasteiger partial charge on any atom is 0.283 e. The first kappa shape index (κ1) is 21.0. The molecule has 1 aliphatic heterocycles. The molecule has 4 nitrogen and oxygen atoms in total. The van der Waals surface area contributed by atoms with Crippen molar-refractivity contribution in [2.24, 2.45) is 0 Å². The number of hydrogen-bond donors (Lipinski definition) is 1. The molecule has 7 heteroatoms. The normalized spacial score (nSPS) is 13.9. The van der Waals surface area contributed by atoms with E-state index in [1.165, 1.54) is 11.8 Å². The molecule has 0 saturated heterocycles. The number of amides is 2. The first-order valence-electron chi connectivity index (χ1n) is 9.08. The standard InChI is InChI=1S/C23H16ClIN2O2S/c1-14-5-11-19(12-6-14)30-21-20(26-17-9-7-16(25)8-10-17)22(28)27(23(21)29)18-4-2-3-15(24)13-18/h2-13,26H,1H3. The quantitative estimate of drug-likeness (QED) is 0.304. The van der Waals surface area contributed by atoms with Crippen LogP contribution in [0.3, 0.4) is 0 Å². The molecule has 0 fully saturated rings. The van der Waals surface area contributed by atoms with Crippen LogP contribution in [0.15, 0.2) is 88.3 Å². The van der Waals surface area contributed by atoms with Crippen LogP contribution in [0.2, 0.25) is 5.02 Å². The molecule has 0 unspecified atom stereocenters. The minimum atomic E-state index is -0.407. The van der Waals surface area contributed by atoms with E-state index < -0.39 is 5.91 Å². The summed E-state index contributed by atoms with van der Waals surface area (Å²) in [5.74, 6) is -0.781. The summed E-state index contributed by atoms with van der Waals surface area (Å²) in [7, 11) is 0. The topological polar surface area (TPSA) is 49.4 Å². The average Bonchev–Trinajstić information content (AvgIpc) is 2.95. The largest absolute Gasteiger partial charge is 0.350 e. The van der Waals surface area contributed by atoms with E-state index in [0.717, 1.165) is 24.6 Å². The summed E-state index contributed by atoms with van der Waals surface area (Å²) >= 11 is 9.59. The van der Waals surface area contributed by atoms with Gasteiger partial charge < -0.3 is 5.32 Å².